The van der Waals surface area contributed by atoms with Gasteiger partial charge in [-0.2, -0.15) is 0 Å². The third-order valence-electron chi connectivity index (χ3n) is 1.03. The smallest absolute Gasteiger partial charge is 0.128 e. The summed E-state index contributed by atoms with van der Waals surface area (Å²) < 4.78 is 0. The molecular weight excluding hydrogens is 114 g/mol. The third-order valence-corrected chi connectivity index (χ3v) is 1.03. The van der Waals surface area contributed by atoms with Gasteiger partial charge in [-0.3, -0.25) is 0 Å². The lowest BCUT2D eigenvalue weighted by Gasteiger charge is -2.02. The molecule has 0 heterocycles. The standard InChI is InChI=1S/C7H13NO/c1-3-5-6(4-2)7(8)9/h3-5,7,9H,8H2,1-2H3/b5-3-,6-4+. The average molecular weight is 127 g/mol. The van der Waals surface area contributed by atoms with E-state index in [2.05, 4.69) is 0 Å². The van der Waals surface area contributed by atoms with Gasteiger partial charge in [0.1, 0.15) is 6.23 Å². The Balaban J connectivity index is 4.01. The molecule has 2 nitrogen and oxygen atoms in total. The Morgan fingerprint density at radius 2 is 2.11 bits per heavy atom. The summed E-state index contributed by atoms with van der Waals surface area (Å²) in [5.41, 5.74) is 5.92. The summed E-state index contributed by atoms with van der Waals surface area (Å²) in [5.74, 6) is 0. The minimum absolute atomic E-state index is 0.748. The highest BCUT2D eigenvalue weighted by Gasteiger charge is 1.96. The highest BCUT2D eigenvalue weighted by Crippen LogP contribution is 1.97. The second-order valence-electron chi connectivity index (χ2n) is 1.73. The Labute approximate surface area is 55.7 Å². The van der Waals surface area contributed by atoms with Crippen LogP contribution in [0, 0.1) is 0 Å². The van der Waals surface area contributed by atoms with Gasteiger partial charge < -0.3 is 10.8 Å². The van der Waals surface area contributed by atoms with E-state index in [0.717, 1.165) is 5.57 Å². The van der Waals surface area contributed by atoms with Crippen LogP contribution in [0.2, 0.25) is 0 Å². The Kier molecular flexibility index (Phi) is 4.01. The van der Waals surface area contributed by atoms with Crippen molar-refractivity contribution < 1.29 is 5.11 Å². The number of hydrogen-bond donors (Lipinski definition) is 2. The molecule has 0 aromatic heterocycles. The summed E-state index contributed by atoms with van der Waals surface area (Å²) in [5, 5.41) is 8.80. The molecule has 0 aromatic carbocycles. The highest BCUT2D eigenvalue weighted by molar-refractivity contribution is 5.20. The van der Waals surface area contributed by atoms with Crippen LogP contribution >= 0.6 is 0 Å². The predicted molar refractivity (Wildman–Crippen MR) is 38.8 cm³/mol. The maximum atomic E-state index is 8.80. The molecule has 0 bridgehead atoms. The predicted octanol–water partition coefficient (Wildman–Crippen LogP) is 0.786. The molecule has 0 saturated heterocycles. The van der Waals surface area contributed by atoms with Crippen LogP contribution < -0.4 is 5.73 Å². The van der Waals surface area contributed by atoms with Gasteiger partial charge in [0.15, 0.2) is 0 Å². The lowest BCUT2D eigenvalue weighted by atomic mass is 10.2. The van der Waals surface area contributed by atoms with Crippen LogP contribution in [-0.4, -0.2) is 11.3 Å². The van der Waals surface area contributed by atoms with Crippen LogP contribution in [0.1, 0.15) is 13.8 Å². The lowest BCUT2D eigenvalue weighted by Crippen LogP contribution is -2.20. The molecule has 0 radical (unpaired) electrons. The van der Waals surface area contributed by atoms with E-state index in [0.29, 0.717) is 0 Å². The zero-order valence-corrected chi connectivity index (χ0v) is 5.83. The van der Waals surface area contributed by atoms with Gasteiger partial charge in [0.2, 0.25) is 0 Å². The number of rotatable bonds is 2. The first kappa shape index (κ1) is 8.40. The Bertz CT molecular complexity index is 125. The monoisotopic (exact) mass is 127 g/mol. The van der Waals surface area contributed by atoms with Crippen molar-refractivity contribution in [2.45, 2.75) is 20.1 Å². The summed E-state index contributed by atoms with van der Waals surface area (Å²) in [6.07, 6.45) is 4.56. The van der Waals surface area contributed by atoms with Gasteiger partial charge in [-0.05, 0) is 19.4 Å². The first-order chi connectivity index (χ1) is 4.22. The van der Waals surface area contributed by atoms with Crippen molar-refractivity contribution >= 4 is 0 Å². The van der Waals surface area contributed by atoms with Gasteiger partial charge in [0.25, 0.3) is 0 Å². The van der Waals surface area contributed by atoms with E-state index in [1.807, 2.05) is 19.9 Å². The average Bonchev–Trinajstić information content (AvgIpc) is 1.82. The molecule has 0 saturated carbocycles. The van der Waals surface area contributed by atoms with E-state index in [1.54, 1.807) is 12.2 Å². The summed E-state index contributed by atoms with van der Waals surface area (Å²) >= 11 is 0. The molecule has 0 fully saturated rings. The largest absolute Gasteiger partial charge is 0.375 e. The molecule has 2 heteroatoms. The maximum Gasteiger partial charge on any atom is 0.128 e. The van der Waals surface area contributed by atoms with Gasteiger partial charge in [-0.1, -0.05) is 18.2 Å². The van der Waals surface area contributed by atoms with Crippen LogP contribution in [0.3, 0.4) is 0 Å². The van der Waals surface area contributed by atoms with E-state index in [1.165, 1.54) is 0 Å². The van der Waals surface area contributed by atoms with Crippen LogP contribution in [0.4, 0.5) is 0 Å². The van der Waals surface area contributed by atoms with Crippen LogP contribution in [0.5, 0.6) is 0 Å². The lowest BCUT2D eigenvalue weighted by molar-refractivity contribution is 0.223. The molecule has 0 aliphatic heterocycles. The number of hydrogen-bond acceptors (Lipinski definition) is 2. The van der Waals surface area contributed by atoms with Gasteiger partial charge >= 0.3 is 0 Å². The number of nitrogens with two attached hydrogens (primary N) is 1. The summed E-state index contributed by atoms with van der Waals surface area (Å²) in [4.78, 5) is 0. The molecule has 1 atom stereocenters. The molecule has 0 spiro atoms. The topological polar surface area (TPSA) is 46.2 Å². The molecule has 1 unspecified atom stereocenters. The normalized spacial score (nSPS) is 16.7. The van der Waals surface area contributed by atoms with Crippen LogP contribution in [-0.2, 0) is 0 Å². The molecule has 0 aliphatic rings. The van der Waals surface area contributed by atoms with Crippen LogP contribution in [0.15, 0.2) is 23.8 Å². The number of aliphatic hydroxyl groups excluding tert-OH is 1. The first-order valence-electron chi connectivity index (χ1n) is 2.95. The van der Waals surface area contributed by atoms with Gasteiger partial charge in [-0.15, -0.1) is 0 Å². The Hall–Kier alpha value is -0.600. The number of allylic oxidation sites excluding steroid dienone is 2. The molecule has 9 heavy (non-hydrogen) atoms. The van der Waals surface area contributed by atoms with Crippen LogP contribution in [0.25, 0.3) is 0 Å². The minimum atomic E-state index is -0.841. The van der Waals surface area contributed by atoms with Gasteiger partial charge in [0.05, 0.1) is 0 Å². The molecule has 0 rings (SSSR count). The molecule has 52 valence electrons. The van der Waals surface area contributed by atoms with Crippen molar-refractivity contribution in [3.63, 3.8) is 0 Å². The molecular formula is C7H13NO. The van der Waals surface area contributed by atoms with E-state index >= 15 is 0 Å². The summed E-state index contributed by atoms with van der Waals surface area (Å²) in [7, 11) is 0. The van der Waals surface area contributed by atoms with Crippen molar-refractivity contribution in [1.82, 2.24) is 0 Å². The summed E-state index contributed by atoms with van der Waals surface area (Å²) in [6.45, 7) is 3.72. The SMILES string of the molecule is C/C=C\C(=C/C)C(N)O. The zero-order valence-electron chi connectivity index (χ0n) is 5.83. The second kappa shape index (κ2) is 4.30. The van der Waals surface area contributed by atoms with Gasteiger partial charge in [0, 0.05) is 0 Å². The highest BCUT2D eigenvalue weighted by atomic mass is 16.3. The maximum absolute atomic E-state index is 8.80. The van der Waals surface area contributed by atoms with E-state index in [9.17, 15) is 0 Å². The zero-order chi connectivity index (χ0) is 7.28. The fourth-order valence-electron chi connectivity index (χ4n) is 0.558. The van der Waals surface area contributed by atoms with E-state index < -0.39 is 6.23 Å². The quantitative estimate of drug-likeness (QED) is 0.425. The Morgan fingerprint density at radius 3 is 2.22 bits per heavy atom. The van der Waals surface area contributed by atoms with E-state index in [-0.39, 0.29) is 0 Å². The second-order valence-corrected chi connectivity index (χ2v) is 1.73. The molecule has 0 aromatic rings. The fourth-order valence-corrected chi connectivity index (χ4v) is 0.558. The van der Waals surface area contributed by atoms with Crippen molar-refractivity contribution in [2.75, 3.05) is 0 Å². The molecule has 0 amide bonds. The van der Waals surface area contributed by atoms with E-state index in [4.69, 9.17) is 10.8 Å². The first-order valence-corrected chi connectivity index (χ1v) is 2.95. The third kappa shape index (κ3) is 3.06. The summed E-state index contributed by atoms with van der Waals surface area (Å²) in [6, 6.07) is 0. The fraction of sp³-hybridized carbons (Fsp3) is 0.429. The van der Waals surface area contributed by atoms with Crippen molar-refractivity contribution in [3.05, 3.63) is 23.8 Å². The van der Waals surface area contributed by atoms with Crippen molar-refractivity contribution in [3.8, 4) is 0 Å². The van der Waals surface area contributed by atoms with Gasteiger partial charge in [-0.25, -0.2) is 0 Å². The van der Waals surface area contributed by atoms with Crippen molar-refractivity contribution in [1.29, 1.82) is 0 Å². The Morgan fingerprint density at radius 1 is 1.56 bits per heavy atom. The number of aliphatic hydroxyl groups is 1. The molecule has 0 aliphatic carbocycles. The molecule has 3 N–H and O–H groups in total. The minimum Gasteiger partial charge on any atom is -0.375 e. The van der Waals surface area contributed by atoms with Crippen molar-refractivity contribution in [2.24, 2.45) is 5.73 Å².